The summed E-state index contributed by atoms with van der Waals surface area (Å²) in [5, 5.41) is 0.378. The van der Waals surface area contributed by atoms with E-state index in [2.05, 4.69) is 22.6 Å². The normalized spacial score (nSPS) is 19.8. The molecule has 3 rings (SSSR count). The Bertz CT molecular complexity index is 1020. The van der Waals surface area contributed by atoms with Gasteiger partial charge in [-0.1, -0.05) is 42.0 Å². The SMILES string of the molecule is C\C=C/C(I)=C\C=C\N1C(=O)c2cc(Cl)ccc2OP1(=O)Oc1ccccc1. The maximum Gasteiger partial charge on any atom is 0.550 e. The largest absolute Gasteiger partial charge is 0.550 e. The third-order valence-corrected chi connectivity index (χ3v) is 6.30. The van der Waals surface area contributed by atoms with Crippen LogP contribution in [-0.4, -0.2) is 10.6 Å². The van der Waals surface area contributed by atoms with Crippen molar-refractivity contribution in [3.8, 4) is 11.5 Å². The molecule has 1 aliphatic heterocycles. The van der Waals surface area contributed by atoms with E-state index in [9.17, 15) is 9.36 Å². The molecule has 0 radical (unpaired) electrons. The summed E-state index contributed by atoms with van der Waals surface area (Å²) in [6.07, 6.45) is 8.56. The molecule has 8 heteroatoms. The molecule has 0 saturated heterocycles. The lowest BCUT2D eigenvalue weighted by molar-refractivity contribution is 0.0859. The standard InChI is InChI=1S/C20H16ClINO4P/c1-2-7-16(22)8-6-13-23-20(24)18-14-15(21)11-12-19(18)27-28(23,25)26-17-9-4-3-5-10-17/h2-14H,1H3/b7-2-,13-6+,16-8+. The first-order valence-corrected chi connectivity index (χ1v) is 11.2. The zero-order chi connectivity index (χ0) is 20.1. The molecular weight excluding hydrogens is 512 g/mol. The molecule has 1 atom stereocenters. The molecule has 1 amide bonds. The van der Waals surface area contributed by atoms with Crippen LogP contribution in [0.15, 0.2) is 82.6 Å². The van der Waals surface area contributed by atoms with Crippen LogP contribution in [0.3, 0.4) is 0 Å². The first-order chi connectivity index (χ1) is 13.4. The van der Waals surface area contributed by atoms with Gasteiger partial charge in [-0.25, -0.2) is 4.57 Å². The van der Waals surface area contributed by atoms with Gasteiger partial charge in [0.1, 0.15) is 11.5 Å². The fraction of sp³-hybridized carbons (Fsp3) is 0.0500. The predicted octanol–water partition coefficient (Wildman–Crippen LogP) is 6.77. The maximum absolute atomic E-state index is 13.5. The highest BCUT2D eigenvalue weighted by atomic mass is 127. The van der Waals surface area contributed by atoms with E-state index in [0.717, 1.165) is 8.25 Å². The Balaban J connectivity index is 2.02. The van der Waals surface area contributed by atoms with Gasteiger partial charge in [0.25, 0.3) is 5.91 Å². The minimum Gasteiger partial charge on any atom is -0.400 e. The third kappa shape index (κ3) is 4.69. The highest BCUT2D eigenvalue weighted by Gasteiger charge is 2.45. The van der Waals surface area contributed by atoms with Crippen LogP contribution >= 0.6 is 41.9 Å². The molecule has 5 nitrogen and oxygen atoms in total. The first-order valence-electron chi connectivity index (χ1n) is 8.27. The van der Waals surface area contributed by atoms with Crippen LogP contribution in [0.1, 0.15) is 17.3 Å². The highest BCUT2D eigenvalue weighted by Crippen LogP contribution is 2.56. The number of halogens is 2. The van der Waals surface area contributed by atoms with E-state index < -0.39 is 13.7 Å². The number of benzene rings is 2. The fourth-order valence-electron chi connectivity index (χ4n) is 2.41. The summed E-state index contributed by atoms with van der Waals surface area (Å²) in [5.74, 6) is -0.0282. The van der Waals surface area contributed by atoms with E-state index in [1.54, 1.807) is 48.6 Å². The van der Waals surface area contributed by atoms with Gasteiger partial charge in [0.2, 0.25) is 0 Å². The third-order valence-electron chi connectivity index (χ3n) is 3.63. The van der Waals surface area contributed by atoms with Crippen molar-refractivity contribution in [2.75, 3.05) is 0 Å². The van der Waals surface area contributed by atoms with Crippen molar-refractivity contribution >= 4 is 47.8 Å². The molecule has 1 unspecified atom stereocenters. The van der Waals surface area contributed by atoms with Crippen molar-refractivity contribution in [3.63, 3.8) is 0 Å². The van der Waals surface area contributed by atoms with Crippen LogP contribution in [-0.2, 0) is 4.57 Å². The van der Waals surface area contributed by atoms with Gasteiger partial charge in [-0.2, -0.15) is 4.67 Å². The fourth-order valence-corrected chi connectivity index (χ4v) is 4.73. The van der Waals surface area contributed by atoms with Crippen molar-refractivity contribution < 1.29 is 18.4 Å². The van der Waals surface area contributed by atoms with E-state index in [-0.39, 0.29) is 11.3 Å². The number of carbonyl (C=O) groups is 1. The second-order valence-corrected chi connectivity index (χ2v) is 9.06. The first kappa shape index (κ1) is 20.7. The number of amides is 1. The van der Waals surface area contributed by atoms with Crippen LogP contribution in [0.5, 0.6) is 11.5 Å². The van der Waals surface area contributed by atoms with E-state index in [1.807, 2.05) is 19.1 Å². The maximum atomic E-state index is 13.5. The van der Waals surface area contributed by atoms with Crippen molar-refractivity contribution in [2.45, 2.75) is 6.92 Å². The lowest BCUT2D eigenvalue weighted by Gasteiger charge is -2.32. The van der Waals surface area contributed by atoms with Crippen molar-refractivity contribution in [3.05, 3.63) is 93.2 Å². The molecule has 1 heterocycles. The zero-order valence-corrected chi connectivity index (χ0v) is 18.6. The minimum atomic E-state index is -4.02. The Kier molecular flexibility index (Phi) is 6.65. The summed E-state index contributed by atoms with van der Waals surface area (Å²) in [4.78, 5) is 13.0. The van der Waals surface area contributed by atoms with Crippen molar-refractivity contribution in [1.82, 2.24) is 4.67 Å². The summed E-state index contributed by atoms with van der Waals surface area (Å²) in [6.45, 7) is 1.90. The summed E-state index contributed by atoms with van der Waals surface area (Å²) >= 11 is 8.15. The lowest BCUT2D eigenvalue weighted by atomic mass is 10.2. The zero-order valence-electron chi connectivity index (χ0n) is 14.8. The van der Waals surface area contributed by atoms with Gasteiger partial charge in [0.05, 0.1) is 5.56 Å². The number of allylic oxidation sites excluding steroid dienone is 5. The summed E-state index contributed by atoms with van der Waals surface area (Å²) in [6, 6.07) is 13.1. The Hall–Kier alpha value is -2.02. The van der Waals surface area contributed by atoms with Gasteiger partial charge in [-0.3, -0.25) is 4.79 Å². The summed E-state index contributed by atoms with van der Waals surface area (Å²) < 4.78 is 26.7. The quantitative estimate of drug-likeness (QED) is 0.245. The van der Waals surface area contributed by atoms with Crippen LogP contribution < -0.4 is 9.05 Å². The molecule has 1 aliphatic rings. The molecule has 2 aromatic rings. The summed E-state index contributed by atoms with van der Waals surface area (Å²) in [5.41, 5.74) is 0.215. The monoisotopic (exact) mass is 527 g/mol. The number of carbonyl (C=O) groups excluding carboxylic acids is 1. The Morgan fingerprint density at radius 1 is 1.25 bits per heavy atom. The molecule has 0 fully saturated rings. The van der Waals surface area contributed by atoms with Gasteiger partial charge < -0.3 is 9.05 Å². The summed E-state index contributed by atoms with van der Waals surface area (Å²) in [7, 11) is -4.02. The number of hydrogen-bond donors (Lipinski definition) is 0. The Morgan fingerprint density at radius 3 is 2.71 bits per heavy atom. The molecule has 0 bridgehead atoms. The Labute approximate surface area is 182 Å². The molecule has 0 saturated carbocycles. The van der Waals surface area contributed by atoms with E-state index in [1.165, 1.54) is 18.3 Å². The minimum absolute atomic E-state index is 0.164. The number of para-hydroxylation sites is 1. The molecule has 144 valence electrons. The van der Waals surface area contributed by atoms with E-state index in [4.69, 9.17) is 20.6 Å². The van der Waals surface area contributed by atoms with E-state index >= 15 is 0 Å². The molecule has 0 aliphatic carbocycles. The number of fused-ring (bicyclic) bond motifs is 1. The topological polar surface area (TPSA) is 55.8 Å². The molecule has 0 spiro atoms. The molecular formula is C20H16ClINO4P. The van der Waals surface area contributed by atoms with Gasteiger partial charge in [-0.05, 0) is 72.0 Å². The average molecular weight is 528 g/mol. The second kappa shape index (κ2) is 8.99. The number of nitrogens with zero attached hydrogens (tertiary/aromatic N) is 1. The van der Waals surface area contributed by atoms with E-state index in [0.29, 0.717) is 10.8 Å². The smallest absolute Gasteiger partial charge is 0.400 e. The van der Waals surface area contributed by atoms with Gasteiger partial charge in [0, 0.05) is 14.8 Å². The average Bonchev–Trinajstić information content (AvgIpc) is 2.66. The molecule has 28 heavy (non-hydrogen) atoms. The second-order valence-electron chi connectivity index (χ2n) is 5.65. The Morgan fingerprint density at radius 2 is 2.00 bits per heavy atom. The highest BCUT2D eigenvalue weighted by molar-refractivity contribution is 14.1. The molecule has 0 N–H and O–H groups in total. The predicted molar refractivity (Wildman–Crippen MR) is 119 cm³/mol. The van der Waals surface area contributed by atoms with Crippen LogP contribution in [0.4, 0.5) is 0 Å². The van der Waals surface area contributed by atoms with Crippen LogP contribution in [0.2, 0.25) is 5.02 Å². The van der Waals surface area contributed by atoms with Crippen LogP contribution in [0.25, 0.3) is 0 Å². The number of hydrogen-bond acceptors (Lipinski definition) is 4. The van der Waals surface area contributed by atoms with Gasteiger partial charge >= 0.3 is 7.75 Å². The molecule has 0 aromatic heterocycles. The van der Waals surface area contributed by atoms with Crippen molar-refractivity contribution in [2.24, 2.45) is 0 Å². The van der Waals surface area contributed by atoms with Crippen LogP contribution in [0, 0.1) is 0 Å². The lowest BCUT2D eigenvalue weighted by Crippen LogP contribution is -2.32. The van der Waals surface area contributed by atoms with Gasteiger partial charge in [0.15, 0.2) is 0 Å². The molecule has 2 aromatic carbocycles. The van der Waals surface area contributed by atoms with Gasteiger partial charge in [-0.15, -0.1) is 0 Å². The number of rotatable bonds is 5. The van der Waals surface area contributed by atoms with Crippen molar-refractivity contribution in [1.29, 1.82) is 0 Å².